The van der Waals surface area contributed by atoms with E-state index >= 15 is 0 Å². The third-order valence-electron chi connectivity index (χ3n) is 2.91. The van der Waals surface area contributed by atoms with Gasteiger partial charge in [0.15, 0.2) is 10.0 Å². The summed E-state index contributed by atoms with van der Waals surface area (Å²) in [6.45, 7) is 0. The van der Waals surface area contributed by atoms with Crippen molar-refractivity contribution in [2.75, 3.05) is 0 Å². The summed E-state index contributed by atoms with van der Waals surface area (Å²) in [5.74, 6) is -1.73. The standard InChI is InChI=1S/C8H11F5NO4S2/c9-7(10,6-4-2-1-3-5-6)19(15,16)14-20(17,18)8(11,12)13/h6H,1-5H2/q-1. The molecule has 1 aliphatic rings. The molecule has 0 bridgehead atoms. The molecule has 0 amide bonds. The average molecular weight is 344 g/mol. The third kappa shape index (κ3) is 3.39. The van der Waals surface area contributed by atoms with Crippen molar-refractivity contribution >= 4 is 20.0 Å². The van der Waals surface area contributed by atoms with Gasteiger partial charge >= 0.3 is 10.8 Å². The highest BCUT2D eigenvalue weighted by Gasteiger charge is 2.50. The van der Waals surface area contributed by atoms with Crippen molar-refractivity contribution in [3.05, 3.63) is 4.13 Å². The zero-order valence-electron chi connectivity index (χ0n) is 9.90. The van der Waals surface area contributed by atoms with E-state index in [1.165, 1.54) is 4.13 Å². The lowest BCUT2D eigenvalue weighted by molar-refractivity contribution is -0.0425. The summed E-state index contributed by atoms with van der Waals surface area (Å²) < 4.78 is 108. The smallest absolute Gasteiger partial charge is 0.423 e. The van der Waals surface area contributed by atoms with Crippen LogP contribution >= 0.6 is 0 Å². The Morgan fingerprint density at radius 2 is 1.25 bits per heavy atom. The fraction of sp³-hybridized carbons (Fsp3) is 1.00. The lowest BCUT2D eigenvalue weighted by Gasteiger charge is -2.34. The van der Waals surface area contributed by atoms with Gasteiger partial charge in [-0.05, 0) is 12.8 Å². The molecule has 5 nitrogen and oxygen atoms in total. The van der Waals surface area contributed by atoms with Crippen LogP contribution in [0.2, 0.25) is 0 Å². The van der Waals surface area contributed by atoms with Gasteiger partial charge in [0.2, 0.25) is 0 Å². The van der Waals surface area contributed by atoms with Crippen molar-refractivity contribution in [3.8, 4) is 0 Å². The molecule has 0 atom stereocenters. The molecule has 0 saturated heterocycles. The van der Waals surface area contributed by atoms with E-state index in [2.05, 4.69) is 0 Å². The van der Waals surface area contributed by atoms with Crippen molar-refractivity contribution in [2.45, 2.75) is 42.9 Å². The highest BCUT2D eigenvalue weighted by atomic mass is 32.3. The maximum absolute atomic E-state index is 13.7. The second kappa shape index (κ2) is 5.37. The van der Waals surface area contributed by atoms with Crippen molar-refractivity contribution in [1.82, 2.24) is 0 Å². The van der Waals surface area contributed by atoms with Gasteiger partial charge in [0.1, 0.15) is 10.0 Å². The van der Waals surface area contributed by atoms with Gasteiger partial charge in [0, 0.05) is 5.92 Å². The number of hydrogen-bond acceptors (Lipinski definition) is 4. The first-order valence-corrected chi connectivity index (χ1v) is 8.37. The molecule has 1 rings (SSSR count). The van der Waals surface area contributed by atoms with Gasteiger partial charge in [-0.15, -0.1) is 0 Å². The van der Waals surface area contributed by atoms with Crippen LogP contribution in [0.5, 0.6) is 0 Å². The first-order chi connectivity index (χ1) is 8.81. The summed E-state index contributed by atoms with van der Waals surface area (Å²) >= 11 is 0. The van der Waals surface area contributed by atoms with Crippen LogP contribution in [0.15, 0.2) is 0 Å². The largest absolute Gasteiger partial charge is 0.480 e. The summed E-state index contributed by atoms with van der Waals surface area (Å²) in [6, 6.07) is 0. The third-order valence-corrected chi connectivity index (χ3v) is 6.09. The number of halogens is 5. The predicted molar refractivity (Wildman–Crippen MR) is 58.8 cm³/mol. The van der Waals surface area contributed by atoms with E-state index in [1.807, 2.05) is 0 Å². The Hall–Kier alpha value is -0.490. The Balaban J connectivity index is 3.04. The second-order valence-corrected chi connectivity index (χ2v) is 7.87. The van der Waals surface area contributed by atoms with Crippen LogP contribution in [0.25, 0.3) is 4.13 Å². The molecule has 0 N–H and O–H groups in total. The number of hydrogen-bond donors (Lipinski definition) is 0. The summed E-state index contributed by atoms with van der Waals surface area (Å²) in [6.07, 6.45) is 0.760. The molecule has 1 fully saturated rings. The Bertz CT molecular complexity index is 548. The molecule has 0 radical (unpaired) electrons. The van der Waals surface area contributed by atoms with E-state index in [0.29, 0.717) is 19.3 Å². The van der Waals surface area contributed by atoms with Crippen LogP contribution in [-0.2, 0) is 20.0 Å². The van der Waals surface area contributed by atoms with Gasteiger partial charge in [-0.1, -0.05) is 19.3 Å². The first kappa shape index (κ1) is 17.6. The average Bonchev–Trinajstić information content (AvgIpc) is 2.27. The Morgan fingerprint density at radius 1 is 0.800 bits per heavy atom. The Kier molecular flexibility index (Phi) is 4.71. The van der Waals surface area contributed by atoms with Crippen LogP contribution < -0.4 is 0 Å². The van der Waals surface area contributed by atoms with Crippen LogP contribution in [0.4, 0.5) is 22.0 Å². The monoisotopic (exact) mass is 344 g/mol. The second-order valence-electron chi connectivity index (χ2n) is 4.37. The Morgan fingerprint density at radius 3 is 1.65 bits per heavy atom. The molecular formula is C8H11F5NO4S2-. The number of rotatable bonds is 4. The molecule has 0 spiro atoms. The van der Waals surface area contributed by atoms with Crippen molar-refractivity contribution < 1.29 is 38.8 Å². The van der Waals surface area contributed by atoms with E-state index in [9.17, 15) is 38.8 Å². The van der Waals surface area contributed by atoms with Crippen LogP contribution in [0.3, 0.4) is 0 Å². The minimum Gasteiger partial charge on any atom is -0.423 e. The van der Waals surface area contributed by atoms with Crippen LogP contribution in [0, 0.1) is 5.92 Å². The molecule has 0 unspecified atom stereocenters. The summed E-state index contributed by atoms with van der Waals surface area (Å²) in [5.41, 5.74) is -6.04. The maximum atomic E-state index is 13.7. The van der Waals surface area contributed by atoms with Gasteiger partial charge in [-0.25, -0.2) is 16.8 Å². The SMILES string of the molecule is O=S(=O)([N-]S(=O)(=O)C(F)(F)C1CCCCC1)C(F)(F)F. The number of nitrogens with zero attached hydrogens (tertiary/aromatic N) is 1. The van der Waals surface area contributed by atoms with Crippen LogP contribution in [-0.4, -0.2) is 27.6 Å². The van der Waals surface area contributed by atoms with Gasteiger partial charge in [0.05, 0.1) is 0 Å². The van der Waals surface area contributed by atoms with E-state index < -0.39 is 36.7 Å². The summed E-state index contributed by atoms with van der Waals surface area (Å²) in [5, 5.41) is -4.63. The van der Waals surface area contributed by atoms with Gasteiger partial charge in [0.25, 0.3) is 0 Å². The number of sulfonamides is 2. The molecule has 0 aromatic heterocycles. The maximum Gasteiger partial charge on any atom is 0.480 e. The van der Waals surface area contributed by atoms with E-state index in [1.54, 1.807) is 0 Å². The molecule has 20 heavy (non-hydrogen) atoms. The molecule has 12 heteroatoms. The minimum atomic E-state index is -6.52. The van der Waals surface area contributed by atoms with E-state index in [0.717, 1.165) is 0 Å². The highest BCUT2D eigenvalue weighted by molar-refractivity contribution is 8.13. The predicted octanol–water partition coefficient (Wildman–Crippen LogP) is 2.71. The molecule has 0 aromatic rings. The van der Waals surface area contributed by atoms with Gasteiger partial charge < -0.3 is 4.13 Å². The molecule has 0 heterocycles. The van der Waals surface area contributed by atoms with E-state index in [-0.39, 0.29) is 12.8 Å². The van der Waals surface area contributed by atoms with Crippen LogP contribution in [0.1, 0.15) is 32.1 Å². The normalized spacial score (nSPS) is 20.1. The van der Waals surface area contributed by atoms with Crippen molar-refractivity contribution in [2.24, 2.45) is 5.92 Å². The fourth-order valence-electron chi connectivity index (χ4n) is 1.87. The summed E-state index contributed by atoms with van der Waals surface area (Å²) in [7, 11) is -12.6. The molecule has 1 saturated carbocycles. The molecular weight excluding hydrogens is 333 g/mol. The quantitative estimate of drug-likeness (QED) is 0.734. The lowest BCUT2D eigenvalue weighted by Crippen LogP contribution is -2.39. The van der Waals surface area contributed by atoms with E-state index in [4.69, 9.17) is 0 Å². The fourth-order valence-corrected chi connectivity index (χ4v) is 4.30. The Labute approximate surface area is 112 Å². The highest BCUT2D eigenvalue weighted by Crippen LogP contribution is 2.44. The lowest BCUT2D eigenvalue weighted by atomic mass is 9.89. The minimum absolute atomic E-state index is 0.214. The molecule has 120 valence electrons. The van der Waals surface area contributed by atoms with Crippen molar-refractivity contribution in [3.63, 3.8) is 0 Å². The molecule has 0 aliphatic heterocycles. The topological polar surface area (TPSA) is 82.4 Å². The summed E-state index contributed by atoms with van der Waals surface area (Å²) in [4.78, 5) is 0. The van der Waals surface area contributed by atoms with Gasteiger partial charge in [-0.3, -0.25) is 0 Å². The zero-order valence-corrected chi connectivity index (χ0v) is 11.5. The molecule has 1 aliphatic carbocycles. The molecule has 0 aromatic carbocycles. The zero-order chi connectivity index (χ0) is 15.8. The van der Waals surface area contributed by atoms with Gasteiger partial charge in [-0.2, -0.15) is 22.0 Å². The van der Waals surface area contributed by atoms with Crippen molar-refractivity contribution in [1.29, 1.82) is 0 Å². The number of alkyl halides is 5. The first-order valence-electron chi connectivity index (χ1n) is 5.49.